The van der Waals surface area contributed by atoms with E-state index in [1.54, 1.807) is 14.2 Å². The highest BCUT2D eigenvalue weighted by Crippen LogP contribution is 2.65. The van der Waals surface area contributed by atoms with Crippen molar-refractivity contribution in [1.29, 1.82) is 0 Å². The summed E-state index contributed by atoms with van der Waals surface area (Å²) in [5.41, 5.74) is 4.10. The van der Waals surface area contributed by atoms with Crippen LogP contribution in [0.4, 0.5) is 0 Å². The average molecular weight is 473 g/mol. The number of aryl methyl sites for hydroxylation is 1. The zero-order valence-corrected chi connectivity index (χ0v) is 19.9. The highest BCUT2D eigenvalue weighted by molar-refractivity contribution is 6.08. The zero-order chi connectivity index (χ0) is 24.2. The maximum Gasteiger partial charge on any atom is 0.234 e. The number of aromatic nitrogens is 3. The Kier molecular flexibility index (Phi) is 5.30. The van der Waals surface area contributed by atoms with E-state index in [-0.39, 0.29) is 24.3 Å². The molecular formula is C27H28N4O4. The summed E-state index contributed by atoms with van der Waals surface area (Å²) >= 11 is 0. The summed E-state index contributed by atoms with van der Waals surface area (Å²) < 4.78 is 12.2. The summed E-state index contributed by atoms with van der Waals surface area (Å²) in [6, 6.07) is 16.4. The van der Waals surface area contributed by atoms with E-state index in [1.165, 1.54) is 4.90 Å². The Bertz CT molecular complexity index is 1250. The maximum atomic E-state index is 14.0. The lowest BCUT2D eigenvalue weighted by molar-refractivity contribution is -0.140. The number of methoxy groups -OCH3 is 2. The number of carbonyl (C=O) groups excluding carboxylic acids is 2. The number of amides is 2. The molecular weight excluding hydrogens is 444 g/mol. The fourth-order valence-corrected chi connectivity index (χ4v) is 6.63. The minimum absolute atomic E-state index is 0.122. The molecule has 8 heteroatoms. The van der Waals surface area contributed by atoms with Gasteiger partial charge in [-0.2, -0.15) is 0 Å². The first-order valence-electron chi connectivity index (χ1n) is 12.1. The molecule has 0 saturated carbocycles. The zero-order valence-electron chi connectivity index (χ0n) is 19.9. The predicted octanol–water partition coefficient (Wildman–Crippen LogP) is 2.36. The van der Waals surface area contributed by atoms with Crippen LogP contribution in [0.5, 0.6) is 0 Å². The molecule has 2 bridgehead atoms. The van der Waals surface area contributed by atoms with Gasteiger partial charge in [0.1, 0.15) is 0 Å². The third-order valence-corrected chi connectivity index (χ3v) is 7.91. The van der Waals surface area contributed by atoms with Crippen molar-refractivity contribution in [2.45, 2.75) is 24.3 Å². The molecule has 8 nitrogen and oxygen atoms in total. The van der Waals surface area contributed by atoms with Gasteiger partial charge < -0.3 is 9.47 Å². The van der Waals surface area contributed by atoms with E-state index < -0.39 is 17.3 Å². The first-order valence-corrected chi connectivity index (χ1v) is 12.1. The van der Waals surface area contributed by atoms with Crippen LogP contribution in [0.1, 0.15) is 40.3 Å². The molecule has 2 aromatic carbocycles. The Morgan fingerprint density at radius 3 is 2.20 bits per heavy atom. The second-order valence-electron chi connectivity index (χ2n) is 9.50. The van der Waals surface area contributed by atoms with Crippen LogP contribution in [0.25, 0.3) is 0 Å². The highest BCUT2D eigenvalue weighted by atomic mass is 16.5. The molecule has 1 fully saturated rings. The van der Waals surface area contributed by atoms with Gasteiger partial charge in [0.2, 0.25) is 11.8 Å². The summed E-state index contributed by atoms with van der Waals surface area (Å²) in [7, 11) is 3.26. The summed E-state index contributed by atoms with van der Waals surface area (Å²) in [4.78, 5) is 29.3. The van der Waals surface area contributed by atoms with Crippen molar-refractivity contribution in [3.05, 3.63) is 82.7 Å². The Balaban J connectivity index is 1.60. The van der Waals surface area contributed by atoms with Crippen LogP contribution in [-0.4, -0.2) is 65.7 Å². The molecule has 1 saturated heterocycles. The second kappa shape index (κ2) is 8.39. The smallest absolute Gasteiger partial charge is 0.234 e. The largest absolute Gasteiger partial charge is 0.385 e. The molecule has 35 heavy (non-hydrogen) atoms. The van der Waals surface area contributed by atoms with Gasteiger partial charge in [-0.25, -0.2) is 0 Å². The number of imide groups is 1. The Labute approximate surface area is 203 Å². The third kappa shape index (κ3) is 2.93. The predicted molar refractivity (Wildman–Crippen MR) is 127 cm³/mol. The number of ether oxygens (including phenoxy) is 2. The van der Waals surface area contributed by atoms with Crippen molar-refractivity contribution in [2.24, 2.45) is 11.8 Å². The molecule has 180 valence electrons. The SMILES string of the molecule is COCCCn1cc(C23c4ccccc4C(c4ccccc42)C2C(=O)N(CCOC)C(=O)C23)nn1. The van der Waals surface area contributed by atoms with Crippen LogP contribution in [0, 0.1) is 11.8 Å². The lowest BCUT2D eigenvalue weighted by Crippen LogP contribution is -2.54. The highest BCUT2D eigenvalue weighted by Gasteiger charge is 2.69. The average Bonchev–Trinajstić information content (AvgIpc) is 3.46. The van der Waals surface area contributed by atoms with Gasteiger partial charge in [0.05, 0.1) is 36.1 Å². The van der Waals surface area contributed by atoms with Crippen molar-refractivity contribution in [1.82, 2.24) is 19.9 Å². The number of likely N-dealkylation sites (tertiary alicyclic amines) is 1. The Morgan fingerprint density at radius 1 is 0.886 bits per heavy atom. The summed E-state index contributed by atoms with van der Waals surface area (Å²) in [6.45, 7) is 1.84. The summed E-state index contributed by atoms with van der Waals surface area (Å²) in [6.07, 6.45) is 2.75. The van der Waals surface area contributed by atoms with Gasteiger partial charge in [-0.3, -0.25) is 19.2 Å². The van der Waals surface area contributed by atoms with E-state index in [1.807, 2.05) is 35.1 Å². The number of carbonyl (C=O) groups is 2. The first kappa shape index (κ1) is 22.1. The van der Waals surface area contributed by atoms with E-state index in [9.17, 15) is 9.59 Å². The quantitative estimate of drug-likeness (QED) is 0.370. The Hall–Kier alpha value is -3.36. The van der Waals surface area contributed by atoms with Crippen LogP contribution in [0.15, 0.2) is 54.7 Å². The molecule has 2 amide bonds. The maximum absolute atomic E-state index is 14.0. The minimum Gasteiger partial charge on any atom is -0.385 e. The fourth-order valence-electron chi connectivity index (χ4n) is 6.63. The molecule has 4 aliphatic rings. The lowest BCUT2D eigenvalue weighted by Gasteiger charge is -2.53. The number of hydrogen-bond donors (Lipinski definition) is 0. The fraction of sp³-hybridized carbons (Fsp3) is 0.407. The minimum atomic E-state index is -0.888. The van der Waals surface area contributed by atoms with Gasteiger partial charge in [0, 0.05) is 39.5 Å². The number of nitrogens with zero attached hydrogens (tertiary/aromatic N) is 4. The second-order valence-corrected chi connectivity index (χ2v) is 9.50. The molecule has 3 aliphatic carbocycles. The van der Waals surface area contributed by atoms with Crippen LogP contribution in [0.2, 0.25) is 0 Å². The first-order chi connectivity index (χ1) is 17.1. The third-order valence-electron chi connectivity index (χ3n) is 7.91. The van der Waals surface area contributed by atoms with Crippen molar-refractivity contribution in [2.75, 3.05) is 34.0 Å². The molecule has 2 unspecified atom stereocenters. The van der Waals surface area contributed by atoms with Gasteiger partial charge in [0.25, 0.3) is 0 Å². The molecule has 1 aliphatic heterocycles. The van der Waals surface area contributed by atoms with Crippen LogP contribution < -0.4 is 0 Å². The normalized spacial score (nSPS) is 26.1. The topological polar surface area (TPSA) is 86.5 Å². The molecule has 2 heterocycles. The monoisotopic (exact) mass is 472 g/mol. The van der Waals surface area contributed by atoms with Gasteiger partial charge in [-0.05, 0) is 28.7 Å². The van der Waals surface area contributed by atoms with Crippen LogP contribution in [0.3, 0.4) is 0 Å². The lowest BCUT2D eigenvalue weighted by atomic mass is 9.46. The van der Waals surface area contributed by atoms with Crippen molar-refractivity contribution in [3.63, 3.8) is 0 Å². The summed E-state index contributed by atoms with van der Waals surface area (Å²) in [5.74, 6) is -1.51. The summed E-state index contributed by atoms with van der Waals surface area (Å²) in [5, 5.41) is 9.08. The molecule has 2 atom stereocenters. The Morgan fingerprint density at radius 2 is 1.54 bits per heavy atom. The number of hydrogen-bond acceptors (Lipinski definition) is 6. The van der Waals surface area contributed by atoms with E-state index in [4.69, 9.17) is 9.47 Å². The van der Waals surface area contributed by atoms with Crippen LogP contribution in [-0.2, 0) is 31.0 Å². The molecule has 0 radical (unpaired) electrons. The van der Waals surface area contributed by atoms with Crippen molar-refractivity contribution >= 4 is 11.8 Å². The number of rotatable bonds is 8. The van der Waals surface area contributed by atoms with Crippen LogP contribution >= 0.6 is 0 Å². The van der Waals surface area contributed by atoms with Gasteiger partial charge in [-0.1, -0.05) is 53.7 Å². The van der Waals surface area contributed by atoms with E-state index >= 15 is 0 Å². The molecule has 1 aromatic heterocycles. The van der Waals surface area contributed by atoms with Gasteiger partial charge in [0.15, 0.2) is 0 Å². The van der Waals surface area contributed by atoms with E-state index in [0.717, 1.165) is 28.7 Å². The number of benzene rings is 2. The molecule has 0 spiro atoms. The van der Waals surface area contributed by atoms with Crippen molar-refractivity contribution < 1.29 is 19.1 Å². The molecule has 0 N–H and O–H groups in total. The van der Waals surface area contributed by atoms with Gasteiger partial charge >= 0.3 is 0 Å². The van der Waals surface area contributed by atoms with E-state index in [2.05, 4.69) is 34.6 Å². The molecule has 3 aromatic rings. The van der Waals surface area contributed by atoms with Crippen molar-refractivity contribution in [3.8, 4) is 0 Å². The van der Waals surface area contributed by atoms with E-state index in [0.29, 0.717) is 25.5 Å². The van der Waals surface area contributed by atoms with Gasteiger partial charge in [-0.15, -0.1) is 5.10 Å². The molecule has 7 rings (SSSR count). The standard InChI is InChI=1S/C27H28N4O4/c1-34-14-7-12-30-16-21(28-29-30)27-19-10-5-3-8-17(19)22(18-9-4-6-11-20(18)27)23-24(27)26(33)31(25(23)32)13-15-35-2/h3-6,8-11,16,22-24H,7,12-15H2,1-2H3.